The zero-order valence-corrected chi connectivity index (χ0v) is 14.9. The number of carbonyl (C=O) groups excluding carboxylic acids is 2. The predicted molar refractivity (Wildman–Crippen MR) is 96.8 cm³/mol. The summed E-state index contributed by atoms with van der Waals surface area (Å²) in [5.41, 5.74) is 1.12. The monoisotopic (exact) mass is 359 g/mol. The lowest BCUT2D eigenvalue weighted by atomic mass is 10.0. The number of carbonyl (C=O) groups is 2. The third-order valence-electron chi connectivity index (χ3n) is 4.15. The fourth-order valence-corrected chi connectivity index (χ4v) is 3.71. The summed E-state index contributed by atoms with van der Waals surface area (Å²) in [7, 11) is 0. The number of thiazole rings is 1. The molecule has 1 atom stereocenters. The zero-order valence-electron chi connectivity index (χ0n) is 14.1. The number of hydrogen-bond donors (Lipinski definition) is 1. The van der Waals surface area contributed by atoms with E-state index in [1.54, 1.807) is 48.7 Å². The molecule has 1 N–H and O–H groups in total. The Morgan fingerprint density at radius 1 is 1.32 bits per heavy atom. The summed E-state index contributed by atoms with van der Waals surface area (Å²) in [5.74, 6) is -0.361. The Bertz CT molecular complexity index is 716. The summed E-state index contributed by atoms with van der Waals surface area (Å²) in [6.07, 6.45) is 4.81. The molecule has 6 nitrogen and oxygen atoms in total. The molecule has 0 bridgehead atoms. The van der Waals surface area contributed by atoms with E-state index in [1.807, 2.05) is 10.3 Å². The van der Waals surface area contributed by atoms with Crippen LogP contribution in [0.4, 0.5) is 10.5 Å². The molecule has 1 aliphatic rings. The van der Waals surface area contributed by atoms with Crippen LogP contribution >= 0.6 is 11.3 Å². The van der Waals surface area contributed by atoms with Crippen molar-refractivity contribution in [2.75, 3.05) is 18.5 Å². The summed E-state index contributed by atoms with van der Waals surface area (Å²) in [6.45, 7) is 2.82. The van der Waals surface area contributed by atoms with E-state index >= 15 is 0 Å². The lowest BCUT2D eigenvalue weighted by Gasteiger charge is -2.34. The molecule has 1 aliphatic heterocycles. The lowest BCUT2D eigenvalue weighted by Crippen LogP contribution is -2.41. The Morgan fingerprint density at radius 3 is 2.80 bits per heavy atom. The highest BCUT2D eigenvalue weighted by atomic mass is 32.1. The number of nitrogens with one attached hydrogen (secondary N) is 1. The maximum Gasteiger partial charge on any atom is 0.338 e. The fraction of sp³-hybridized carbons (Fsp3) is 0.389. The van der Waals surface area contributed by atoms with Gasteiger partial charge in [-0.3, -0.25) is 0 Å². The van der Waals surface area contributed by atoms with Crippen LogP contribution < -0.4 is 5.32 Å². The standard InChI is InChI=1S/C18H21N3O3S/c1-2-24-17(22)13-6-8-14(9-7-13)20-18(23)21-11-4-3-5-15(21)16-19-10-12-25-16/h6-10,12,15H,2-5,11H2,1H3,(H,20,23). The highest BCUT2D eigenvalue weighted by Gasteiger charge is 2.29. The first-order chi connectivity index (χ1) is 12.2. The highest BCUT2D eigenvalue weighted by Crippen LogP contribution is 2.32. The molecule has 7 heteroatoms. The van der Waals surface area contributed by atoms with Crippen molar-refractivity contribution in [3.05, 3.63) is 46.4 Å². The van der Waals surface area contributed by atoms with Crippen molar-refractivity contribution < 1.29 is 14.3 Å². The van der Waals surface area contributed by atoms with E-state index in [9.17, 15) is 9.59 Å². The molecular weight excluding hydrogens is 338 g/mol. The van der Waals surface area contributed by atoms with Crippen molar-refractivity contribution in [2.45, 2.75) is 32.2 Å². The first kappa shape index (κ1) is 17.4. The number of ether oxygens (including phenoxy) is 1. The summed E-state index contributed by atoms with van der Waals surface area (Å²) >= 11 is 1.58. The van der Waals surface area contributed by atoms with Crippen LogP contribution in [0.25, 0.3) is 0 Å². The van der Waals surface area contributed by atoms with Crippen molar-refractivity contribution in [1.82, 2.24) is 9.88 Å². The number of anilines is 1. The van der Waals surface area contributed by atoms with Crippen molar-refractivity contribution in [3.63, 3.8) is 0 Å². The van der Waals surface area contributed by atoms with Gasteiger partial charge in [-0.05, 0) is 50.5 Å². The average molecular weight is 359 g/mol. The minimum Gasteiger partial charge on any atom is -0.462 e. The second-order valence-corrected chi connectivity index (χ2v) is 6.73. The molecule has 3 rings (SSSR count). The molecule has 1 saturated heterocycles. The van der Waals surface area contributed by atoms with Crippen LogP contribution in [0, 0.1) is 0 Å². The van der Waals surface area contributed by atoms with Gasteiger partial charge in [-0.15, -0.1) is 11.3 Å². The minimum atomic E-state index is -0.361. The van der Waals surface area contributed by atoms with Gasteiger partial charge in [-0.2, -0.15) is 0 Å². The molecule has 0 aliphatic carbocycles. The van der Waals surface area contributed by atoms with E-state index in [1.165, 1.54) is 0 Å². The Morgan fingerprint density at radius 2 is 2.12 bits per heavy atom. The van der Waals surface area contributed by atoms with Gasteiger partial charge in [-0.1, -0.05) is 0 Å². The molecule has 2 amide bonds. The average Bonchev–Trinajstić information content (AvgIpc) is 3.17. The number of benzene rings is 1. The number of nitrogens with zero attached hydrogens (tertiary/aromatic N) is 2. The molecule has 25 heavy (non-hydrogen) atoms. The number of urea groups is 1. The molecule has 1 aromatic heterocycles. The Labute approximate surface area is 150 Å². The summed E-state index contributed by atoms with van der Waals surface area (Å²) in [5, 5.41) is 5.83. The Balaban J connectivity index is 1.67. The van der Waals surface area contributed by atoms with Gasteiger partial charge in [0.05, 0.1) is 18.2 Å². The summed E-state index contributed by atoms with van der Waals surface area (Å²) in [6, 6.07) is 6.64. The van der Waals surface area contributed by atoms with E-state index in [0.29, 0.717) is 17.9 Å². The Kier molecular flexibility index (Phi) is 5.65. The fourth-order valence-electron chi connectivity index (χ4n) is 2.93. The summed E-state index contributed by atoms with van der Waals surface area (Å²) in [4.78, 5) is 30.6. The van der Waals surface area contributed by atoms with Crippen molar-refractivity contribution in [3.8, 4) is 0 Å². The normalized spacial score (nSPS) is 17.2. The molecule has 132 valence electrons. The van der Waals surface area contributed by atoms with Crippen molar-refractivity contribution in [2.24, 2.45) is 0 Å². The van der Waals surface area contributed by atoms with Gasteiger partial charge in [0.2, 0.25) is 0 Å². The van der Waals surface area contributed by atoms with Crippen LogP contribution in [0.3, 0.4) is 0 Å². The van der Waals surface area contributed by atoms with Crippen molar-refractivity contribution >= 4 is 29.0 Å². The van der Waals surface area contributed by atoms with Crippen LogP contribution in [0.2, 0.25) is 0 Å². The quantitative estimate of drug-likeness (QED) is 0.835. The first-order valence-electron chi connectivity index (χ1n) is 8.43. The first-order valence-corrected chi connectivity index (χ1v) is 9.31. The number of amides is 2. The van der Waals surface area contributed by atoms with Gasteiger partial charge in [0.25, 0.3) is 0 Å². The highest BCUT2D eigenvalue weighted by molar-refractivity contribution is 7.09. The van der Waals surface area contributed by atoms with Gasteiger partial charge in [0.15, 0.2) is 0 Å². The number of aromatic nitrogens is 1. The van der Waals surface area contributed by atoms with Crippen LogP contribution in [0.1, 0.15) is 47.6 Å². The lowest BCUT2D eigenvalue weighted by molar-refractivity contribution is 0.0526. The maximum atomic E-state index is 12.7. The van der Waals surface area contributed by atoms with Crippen molar-refractivity contribution in [1.29, 1.82) is 0 Å². The predicted octanol–water partition coefficient (Wildman–Crippen LogP) is 4.08. The van der Waals surface area contributed by atoms with Gasteiger partial charge in [0.1, 0.15) is 5.01 Å². The molecule has 0 radical (unpaired) electrons. The van der Waals surface area contributed by atoms with Gasteiger partial charge in [0, 0.05) is 23.8 Å². The molecule has 1 unspecified atom stereocenters. The number of hydrogen-bond acceptors (Lipinski definition) is 5. The molecule has 1 aromatic carbocycles. The molecule has 2 aromatic rings. The third kappa shape index (κ3) is 4.17. The van der Waals surface area contributed by atoms with Gasteiger partial charge >= 0.3 is 12.0 Å². The molecule has 1 fully saturated rings. The van der Waals surface area contributed by atoms with E-state index < -0.39 is 0 Å². The molecular formula is C18H21N3O3S. The molecule has 0 spiro atoms. The molecule has 0 saturated carbocycles. The van der Waals surface area contributed by atoms with Crippen LogP contribution in [0.15, 0.2) is 35.8 Å². The topological polar surface area (TPSA) is 71.5 Å². The minimum absolute atomic E-state index is 0.0348. The second-order valence-electron chi connectivity index (χ2n) is 5.80. The number of likely N-dealkylation sites (tertiary alicyclic amines) is 1. The van der Waals surface area contributed by atoms with E-state index in [2.05, 4.69) is 10.3 Å². The third-order valence-corrected chi connectivity index (χ3v) is 5.02. The van der Waals surface area contributed by atoms with E-state index in [4.69, 9.17) is 4.74 Å². The van der Waals surface area contributed by atoms with Crippen LogP contribution in [0.5, 0.6) is 0 Å². The van der Waals surface area contributed by atoms with E-state index in [-0.39, 0.29) is 18.0 Å². The maximum absolute atomic E-state index is 12.7. The number of piperidine rings is 1. The number of esters is 1. The van der Waals surface area contributed by atoms with Gasteiger partial charge in [-0.25, -0.2) is 14.6 Å². The Hall–Kier alpha value is -2.41. The van der Waals surface area contributed by atoms with Crippen LogP contribution in [-0.2, 0) is 4.74 Å². The molecule has 2 heterocycles. The SMILES string of the molecule is CCOC(=O)c1ccc(NC(=O)N2CCCCC2c2nccs2)cc1. The largest absolute Gasteiger partial charge is 0.462 e. The number of rotatable bonds is 4. The smallest absolute Gasteiger partial charge is 0.338 e. The van der Waals surface area contributed by atoms with Gasteiger partial charge < -0.3 is 15.0 Å². The van der Waals surface area contributed by atoms with E-state index in [0.717, 1.165) is 30.8 Å². The van der Waals surface area contributed by atoms with Crippen LogP contribution in [-0.4, -0.2) is 35.0 Å². The zero-order chi connectivity index (χ0) is 17.6. The summed E-state index contributed by atoms with van der Waals surface area (Å²) < 4.78 is 4.96. The second kappa shape index (κ2) is 8.11.